The van der Waals surface area contributed by atoms with Crippen molar-refractivity contribution in [1.29, 1.82) is 0 Å². The molecule has 0 saturated heterocycles. The molecule has 0 aliphatic heterocycles. The minimum atomic E-state index is -3.71. The Balaban J connectivity index is 2.45. The lowest BCUT2D eigenvalue weighted by Crippen LogP contribution is -2.49. The second kappa shape index (κ2) is 5.89. The summed E-state index contributed by atoms with van der Waals surface area (Å²) < 4.78 is 25.7. The highest BCUT2D eigenvalue weighted by Gasteiger charge is 2.47. The van der Waals surface area contributed by atoms with E-state index in [1.54, 1.807) is 31.2 Å². The van der Waals surface area contributed by atoms with Crippen LogP contribution < -0.4 is 0 Å². The number of rotatable bonds is 3. The van der Waals surface area contributed by atoms with Gasteiger partial charge in [-0.1, -0.05) is 38.0 Å². The van der Waals surface area contributed by atoms with E-state index in [4.69, 9.17) is 0 Å². The van der Waals surface area contributed by atoms with Crippen LogP contribution in [0.3, 0.4) is 0 Å². The van der Waals surface area contributed by atoms with E-state index in [-0.39, 0.29) is 16.6 Å². The van der Waals surface area contributed by atoms with Crippen LogP contribution in [0.1, 0.15) is 32.3 Å². The van der Waals surface area contributed by atoms with E-state index in [0.717, 1.165) is 5.56 Å². The van der Waals surface area contributed by atoms with Gasteiger partial charge in [0.05, 0.1) is 11.0 Å². The fraction of sp³-hybridized carbons (Fsp3) is 0.562. The van der Waals surface area contributed by atoms with Gasteiger partial charge in [0.1, 0.15) is 5.25 Å². The van der Waals surface area contributed by atoms with Gasteiger partial charge in [-0.3, -0.25) is 4.79 Å². The molecule has 1 saturated carbocycles. The Morgan fingerprint density at radius 1 is 1.24 bits per heavy atom. The van der Waals surface area contributed by atoms with Crippen LogP contribution >= 0.6 is 0 Å². The first-order valence-corrected chi connectivity index (χ1v) is 8.86. The molecular formula is C16H22O4S. The van der Waals surface area contributed by atoms with Gasteiger partial charge in [0, 0.05) is 5.92 Å². The van der Waals surface area contributed by atoms with Gasteiger partial charge in [0.2, 0.25) is 0 Å². The summed E-state index contributed by atoms with van der Waals surface area (Å²) in [5, 5.41) is 8.89. The predicted octanol–water partition coefficient (Wildman–Crippen LogP) is 2.13. The van der Waals surface area contributed by atoms with E-state index in [1.165, 1.54) is 0 Å². The zero-order valence-corrected chi connectivity index (χ0v) is 13.4. The van der Waals surface area contributed by atoms with E-state index in [9.17, 15) is 18.3 Å². The highest BCUT2D eigenvalue weighted by Crippen LogP contribution is 2.35. The SMILES string of the molecule is CC[C@@H]1CC(O)[C@H](C)C(=O)[C@H]1S(=O)(=O)c1ccc(C)cc1. The van der Waals surface area contributed by atoms with Crippen molar-refractivity contribution in [2.45, 2.75) is 49.9 Å². The molecule has 0 radical (unpaired) electrons. The van der Waals surface area contributed by atoms with Gasteiger partial charge in [-0.15, -0.1) is 0 Å². The maximum Gasteiger partial charge on any atom is 0.188 e. The minimum absolute atomic E-state index is 0.188. The lowest BCUT2D eigenvalue weighted by atomic mass is 9.78. The molecule has 0 aromatic heterocycles. The Labute approximate surface area is 126 Å². The molecule has 5 heteroatoms. The van der Waals surface area contributed by atoms with Crippen molar-refractivity contribution in [3.8, 4) is 0 Å². The largest absolute Gasteiger partial charge is 0.392 e. The molecule has 21 heavy (non-hydrogen) atoms. The maximum atomic E-state index is 12.8. The van der Waals surface area contributed by atoms with Gasteiger partial charge in [0.15, 0.2) is 15.6 Å². The number of sulfone groups is 1. The van der Waals surface area contributed by atoms with Gasteiger partial charge in [-0.25, -0.2) is 8.42 Å². The Bertz CT molecular complexity index is 618. The minimum Gasteiger partial charge on any atom is -0.392 e. The molecule has 4 atom stereocenters. The van der Waals surface area contributed by atoms with E-state index in [1.807, 2.05) is 13.8 Å². The molecule has 0 amide bonds. The quantitative estimate of drug-likeness (QED) is 0.928. The molecule has 116 valence electrons. The number of aliphatic hydroxyl groups is 1. The molecule has 0 heterocycles. The molecule has 1 aliphatic carbocycles. The van der Waals surface area contributed by atoms with E-state index in [2.05, 4.69) is 0 Å². The van der Waals surface area contributed by atoms with Gasteiger partial charge in [-0.05, 0) is 31.4 Å². The predicted molar refractivity (Wildman–Crippen MR) is 80.7 cm³/mol. The average molecular weight is 310 g/mol. The number of ketones is 1. The van der Waals surface area contributed by atoms with Crippen molar-refractivity contribution in [1.82, 2.24) is 0 Å². The van der Waals surface area contributed by atoms with Crippen molar-refractivity contribution >= 4 is 15.6 Å². The van der Waals surface area contributed by atoms with Crippen molar-refractivity contribution in [3.05, 3.63) is 29.8 Å². The van der Waals surface area contributed by atoms with E-state index in [0.29, 0.717) is 12.8 Å². The third-order valence-electron chi connectivity index (χ3n) is 4.49. The number of Topliss-reactive ketones (excluding diaryl/α,β-unsaturated/α-hetero) is 1. The summed E-state index contributed by atoms with van der Waals surface area (Å²) in [4.78, 5) is 12.6. The van der Waals surface area contributed by atoms with Crippen molar-refractivity contribution in [3.63, 3.8) is 0 Å². The van der Waals surface area contributed by atoms with Crippen LogP contribution in [0.2, 0.25) is 0 Å². The summed E-state index contributed by atoms with van der Waals surface area (Å²) in [6, 6.07) is 6.58. The summed E-state index contributed by atoms with van der Waals surface area (Å²) in [7, 11) is -3.71. The highest BCUT2D eigenvalue weighted by atomic mass is 32.2. The number of hydrogen-bond acceptors (Lipinski definition) is 4. The van der Waals surface area contributed by atoms with Gasteiger partial charge in [-0.2, -0.15) is 0 Å². The maximum absolute atomic E-state index is 12.8. The van der Waals surface area contributed by atoms with Gasteiger partial charge in [0.25, 0.3) is 0 Å². The first kappa shape index (κ1) is 16.2. The molecule has 4 nitrogen and oxygen atoms in total. The van der Waals surface area contributed by atoms with E-state index >= 15 is 0 Å². The molecule has 1 N–H and O–H groups in total. The summed E-state index contributed by atoms with van der Waals surface area (Å²) in [5.41, 5.74) is 0.972. The van der Waals surface area contributed by atoms with Crippen LogP contribution in [0, 0.1) is 18.8 Å². The molecule has 1 aliphatic rings. The van der Waals surface area contributed by atoms with Gasteiger partial charge >= 0.3 is 0 Å². The molecule has 0 spiro atoms. The molecule has 1 fully saturated rings. The Morgan fingerprint density at radius 3 is 2.33 bits per heavy atom. The number of benzene rings is 1. The normalized spacial score (nSPS) is 30.4. The first-order chi connectivity index (χ1) is 9.78. The molecule has 0 bridgehead atoms. The third kappa shape index (κ3) is 2.90. The molecule has 2 rings (SSSR count). The van der Waals surface area contributed by atoms with Crippen molar-refractivity contribution in [2.24, 2.45) is 11.8 Å². The van der Waals surface area contributed by atoms with Gasteiger partial charge < -0.3 is 5.11 Å². The number of aliphatic hydroxyl groups excluding tert-OH is 1. The average Bonchev–Trinajstić information content (AvgIpc) is 2.44. The fourth-order valence-corrected chi connectivity index (χ4v) is 5.12. The molecule has 1 aromatic carbocycles. The lowest BCUT2D eigenvalue weighted by molar-refractivity contribution is -0.130. The van der Waals surface area contributed by atoms with Crippen LogP contribution in [0.25, 0.3) is 0 Å². The van der Waals surface area contributed by atoms with Crippen LogP contribution in [0.5, 0.6) is 0 Å². The third-order valence-corrected chi connectivity index (χ3v) is 6.70. The van der Waals surface area contributed by atoms with Crippen LogP contribution in [-0.2, 0) is 14.6 Å². The van der Waals surface area contributed by atoms with Crippen LogP contribution in [0.4, 0.5) is 0 Å². The summed E-state index contributed by atoms with van der Waals surface area (Å²) in [5.74, 6) is -1.31. The van der Waals surface area contributed by atoms with Crippen molar-refractivity contribution in [2.75, 3.05) is 0 Å². The standard InChI is InChI=1S/C16H22O4S/c1-4-12-9-14(17)11(3)15(18)16(12)21(19,20)13-7-5-10(2)6-8-13/h5-8,11-12,14,16-17H,4,9H2,1-3H3/t11-,12+,14?,16-/m0/s1. The Kier molecular flexibility index (Phi) is 4.54. The number of carbonyl (C=O) groups excluding carboxylic acids is 1. The zero-order valence-electron chi connectivity index (χ0n) is 12.6. The van der Waals surface area contributed by atoms with E-state index < -0.39 is 27.1 Å². The zero-order chi connectivity index (χ0) is 15.8. The molecule has 1 unspecified atom stereocenters. The second-order valence-electron chi connectivity index (χ2n) is 5.94. The smallest absolute Gasteiger partial charge is 0.188 e. The monoisotopic (exact) mass is 310 g/mol. The second-order valence-corrected chi connectivity index (χ2v) is 8.01. The Morgan fingerprint density at radius 2 is 1.81 bits per heavy atom. The fourth-order valence-electron chi connectivity index (χ4n) is 2.98. The highest BCUT2D eigenvalue weighted by molar-refractivity contribution is 7.92. The molecule has 1 aromatic rings. The van der Waals surface area contributed by atoms with Crippen LogP contribution in [-0.4, -0.2) is 30.7 Å². The number of hydrogen-bond donors (Lipinski definition) is 1. The van der Waals surface area contributed by atoms with Crippen molar-refractivity contribution < 1.29 is 18.3 Å². The number of carbonyl (C=O) groups is 1. The summed E-state index contributed by atoms with van der Waals surface area (Å²) >= 11 is 0. The molecular weight excluding hydrogens is 288 g/mol. The number of aryl methyl sites for hydroxylation is 1. The topological polar surface area (TPSA) is 71.4 Å². The summed E-state index contributed by atoms with van der Waals surface area (Å²) in [6.07, 6.45) is 0.177. The Hall–Kier alpha value is -1.20. The first-order valence-electron chi connectivity index (χ1n) is 7.31. The lowest BCUT2D eigenvalue weighted by Gasteiger charge is -2.35. The van der Waals surface area contributed by atoms with Crippen LogP contribution in [0.15, 0.2) is 29.2 Å². The summed E-state index contributed by atoms with van der Waals surface area (Å²) in [6.45, 7) is 5.35.